The molecule has 0 atom stereocenters. The molecule has 0 heterocycles. The lowest BCUT2D eigenvalue weighted by atomic mass is 10.1. The van der Waals surface area contributed by atoms with E-state index in [1.54, 1.807) is 26.0 Å². The molecular weight excluding hydrogens is 366 g/mol. The topological polar surface area (TPSA) is 78.6 Å². The average molecular weight is 395 g/mol. The van der Waals surface area contributed by atoms with Crippen LogP contribution in [0.1, 0.15) is 79.2 Å². The minimum atomic E-state index is -0.555. The number of anilines is 1. The van der Waals surface area contributed by atoms with Crippen molar-refractivity contribution in [3.05, 3.63) is 41.0 Å². The van der Waals surface area contributed by atoms with Crippen LogP contribution >= 0.6 is 0 Å². The fourth-order valence-electron chi connectivity index (χ4n) is 3.17. The zero-order valence-corrected chi connectivity index (χ0v) is 17.5. The molecule has 29 heavy (non-hydrogen) atoms. The Labute approximate surface area is 172 Å². The number of nitrogen functional groups attached to an aromatic ring is 1. The number of esters is 2. The molecule has 2 aliphatic rings. The molecule has 0 aromatic rings. The Bertz CT molecular complexity index is 836. The second kappa shape index (κ2) is 11.1. The smallest absolute Gasteiger partial charge is 0.340 e. The van der Waals surface area contributed by atoms with Crippen molar-refractivity contribution in [2.75, 3.05) is 18.9 Å². The molecular formula is C24H29NO4. The van der Waals surface area contributed by atoms with Crippen molar-refractivity contribution < 1.29 is 19.1 Å². The van der Waals surface area contributed by atoms with Gasteiger partial charge in [-0.05, 0) is 43.5 Å². The van der Waals surface area contributed by atoms with Gasteiger partial charge in [0.1, 0.15) is 0 Å². The van der Waals surface area contributed by atoms with Crippen LogP contribution in [0.5, 0.6) is 0 Å². The molecule has 0 unspecified atom stereocenters. The van der Waals surface area contributed by atoms with Crippen LogP contribution in [-0.4, -0.2) is 25.2 Å². The second-order valence-electron chi connectivity index (χ2n) is 6.67. The summed E-state index contributed by atoms with van der Waals surface area (Å²) in [7, 11) is 0. The number of carbonyl (C=O) groups excluding carboxylic acids is 2. The van der Waals surface area contributed by atoms with Crippen molar-refractivity contribution in [1.82, 2.24) is 0 Å². The number of carbonyl (C=O) groups is 2. The highest BCUT2D eigenvalue weighted by Crippen LogP contribution is 2.39. The monoisotopic (exact) mass is 395 g/mol. The van der Waals surface area contributed by atoms with E-state index < -0.39 is 11.9 Å². The maximum Gasteiger partial charge on any atom is 0.340 e. The first-order chi connectivity index (χ1) is 14.0. The first kappa shape index (κ1) is 22.3. The first-order valence-corrected chi connectivity index (χ1v) is 10.2. The van der Waals surface area contributed by atoms with Gasteiger partial charge < -0.3 is 15.2 Å². The van der Waals surface area contributed by atoms with E-state index >= 15 is 0 Å². The molecule has 5 heteroatoms. The van der Waals surface area contributed by atoms with Gasteiger partial charge in [0.15, 0.2) is 0 Å². The maximum absolute atomic E-state index is 12.5. The second-order valence-corrected chi connectivity index (χ2v) is 6.67. The number of rotatable bonds is 8. The Kier molecular flexibility index (Phi) is 8.54. The predicted octanol–water partition coefficient (Wildman–Crippen LogP) is 5.05. The number of hydrogen-bond donors (Lipinski definition) is 1. The van der Waals surface area contributed by atoms with Gasteiger partial charge >= 0.3 is 11.9 Å². The average Bonchev–Trinajstić information content (AvgIpc) is 2.82. The highest BCUT2D eigenvalue weighted by atomic mass is 16.5. The predicted molar refractivity (Wildman–Crippen MR) is 115 cm³/mol. The van der Waals surface area contributed by atoms with Crippen molar-refractivity contribution in [3.63, 3.8) is 0 Å². The van der Waals surface area contributed by atoms with Crippen LogP contribution in [-0.2, 0) is 9.47 Å². The Morgan fingerprint density at radius 3 is 1.90 bits per heavy atom. The number of ether oxygens (including phenoxy) is 2. The van der Waals surface area contributed by atoms with Gasteiger partial charge in [0.05, 0.1) is 30.0 Å². The number of hydrogen-bond acceptors (Lipinski definition) is 5. The third-order valence-corrected chi connectivity index (χ3v) is 4.57. The molecule has 154 valence electrons. The Morgan fingerprint density at radius 1 is 0.862 bits per heavy atom. The Hall–Kier alpha value is -3.00. The van der Waals surface area contributed by atoms with Crippen molar-refractivity contribution in [1.29, 1.82) is 0 Å². The lowest BCUT2D eigenvalue weighted by Gasteiger charge is -2.03. The molecule has 0 aromatic heterocycles. The van der Waals surface area contributed by atoms with Crippen LogP contribution in [0.25, 0.3) is 11.1 Å². The molecule has 0 saturated carbocycles. The van der Waals surface area contributed by atoms with E-state index in [1.165, 1.54) is 19.3 Å². The van der Waals surface area contributed by atoms with E-state index in [4.69, 9.17) is 15.2 Å². The summed E-state index contributed by atoms with van der Waals surface area (Å²) < 4.78 is 10.3. The number of fused-ring (bicyclic) bond motifs is 1. The fraction of sp³-hybridized carbons (Fsp3) is 0.417. The molecule has 0 radical (unpaired) electrons. The third-order valence-electron chi connectivity index (χ3n) is 4.57. The summed E-state index contributed by atoms with van der Waals surface area (Å²) in [4.78, 5) is 25.0. The van der Waals surface area contributed by atoms with Crippen LogP contribution in [0.3, 0.4) is 0 Å². The van der Waals surface area contributed by atoms with E-state index in [-0.39, 0.29) is 30.0 Å². The standard InChI is InChI=1S/C24H29NO4/c1-4-7-8-9-10-11-12-17-13-15-18-19(16-14-17)21(24(27)29-6-3)22(25)20(18)23(26)28-5-2/h13-16H,4-10,25H2,1-3H3. The summed E-state index contributed by atoms with van der Waals surface area (Å²) >= 11 is 0. The van der Waals surface area contributed by atoms with E-state index in [2.05, 4.69) is 18.8 Å². The highest BCUT2D eigenvalue weighted by Gasteiger charge is 2.30. The largest absolute Gasteiger partial charge is 0.462 e. The van der Waals surface area contributed by atoms with Crippen LogP contribution < -0.4 is 5.73 Å². The number of nitrogens with two attached hydrogens (primary N) is 1. The zero-order chi connectivity index (χ0) is 21.2. The lowest BCUT2D eigenvalue weighted by Crippen LogP contribution is -2.09. The van der Waals surface area contributed by atoms with Gasteiger partial charge in [-0.25, -0.2) is 9.59 Å². The normalized spacial score (nSPS) is 10.3. The minimum absolute atomic E-state index is 0.0895. The summed E-state index contributed by atoms with van der Waals surface area (Å²) in [5.74, 6) is 5.23. The minimum Gasteiger partial charge on any atom is -0.462 e. The van der Waals surface area contributed by atoms with Gasteiger partial charge in [-0.2, -0.15) is 0 Å². The molecule has 2 aliphatic carbocycles. The van der Waals surface area contributed by atoms with Gasteiger partial charge in [0.25, 0.3) is 0 Å². The molecule has 2 N–H and O–H groups in total. The summed E-state index contributed by atoms with van der Waals surface area (Å²) in [6, 6.07) is 7.19. The SMILES string of the molecule is CCCCCCC#Cc1ccc2c(C(=O)OCC)c(N)c(C(=O)OCC)c-2cc1. The van der Waals surface area contributed by atoms with Crippen molar-refractivity contribution in [2.24, 2.45) is 0 Å². The molecule has 2 rings (SSSR count). The molecule has 0 fully saturated rings. The van der Waals surface area contributed by atoms with Crippen LogP contribution in [0, 0.1) is 11.8 Å². The van der Waals surface area contributed by atoms with Crippen LogP contribution in [0.4, 0.5) is 5.69 Å². The molecule has 0 saturated heterocycles. The summed E-state index contributed by atoms with van der Waals surface area (Å²) in [6.07, 6.45) is 5.55. The van der Waals surface area contributed by atoms with E-state index in [1.807, 2.05) is 12.1 Å². The van der Waals surface area contributed by atoms with Crippen LogP contribution in [0.2, 0.25) is 0 Å². The summed E-state index contributed by atoms with van der Waals surface area (Å²) in [6.45, 7) is 6.06. The van der Waals surface area contributed by atoms with Gasteiger partial charge in [-0.15, -0.1) is 0 Å². The van der Waals surface area contributed by atoms with Crippen molar-refractivity contribution >= 4 is 17.6 Å². The maximum atomic E-state index is 12.5. The van der Waals surface area contributed by atoms with Gasteiger partial charge in [0.2, 0.25) is 0 Å². The first-order valence-electron chi connectivity index (χ1n) is 10.2. The fourth-order valence-corrected chi connectivity index (χ4v) is 3.17. The van der Waals surface area contributed by atoms with E-state index in [0.717, 1.165) is 18.4 Å². The van der Waals surface area contributed by atoms with Crippen molar-refractivity contribution in [2.45, 2.75) is 52.9 Å². The Morgan fingerprint density at radius 2 is 1.41 bits per heavy atom. The van der Waals surface area contributed by atoms with Crippen LogP contribution in [0.15, 0.2) is 24.3 Å². The molecule has 5 nitrogen and oxygen atoms in total. The van der Waals surface area contributed by atoms with E-state index in [9.17, 15) is 9.59 Å². The summed E-state index contributed by atoms with van der Waals surface area (Å²) in [5.41, 5.74) is 8.56. The third kappa shape index (κ3) is 5.51. The molecule has 0 aromatic carbocycles. The molecule has 0 aliphatic heterocycles. The van der Waals surface area contributed by atoms with Gasteiger partial charge in [-0.3, -0.25) is 0 Å². The zero-order valence-electron chi connectivity index (χ0n) is 17.5. The van der Waals surface area contributed by atoms with Gasteiger partial charge in [0, 0.05) is 12.0 Å². The number of unbranched alkanes of at least 4 members (excludes halogenated alkanes) is 4. The summed E-state index contributed by atoms with van der Waals surface area (Å²) in [5, 5.41) is 0. The molecule has 0 spiro atoms. The quantitative estimate of drug-likeness (QED) is 0.384. The molecule has 0 amide bonds. The lowest BCUT2D eigenvalue weighted by molar-refractivity contribution is 0.0525. The van der Waals surface area contributed by atoms with E-state index in [0.29, 0.717) is 11.1 Å². The van der Waals surface area contributed by atoms with Gasteiger partial charge in [-0.1, -0.05) is 50.2 Å². The van der Waals surface area contributed by atoms with Crippen molar-refractivity contribution in [3.8, 4) is 23.0 Å². The highest BCUT2D eigenvalue weighted by molar-refractivity contribution is 6.15. The Balaban J connectivity index is 2.44. The molecule has 0 bridgehead atoms.